The molecule has 0 spiro atoms. The van der Waals surface area contributed by atoms with Crippen molar-refractivity contribution in [2.75, 3.05) is 0 Å². The lowest BCUT2D eigenvalue weighted by Crippen LogP contribution is -2.41. The number of ketones is 1. The number of hydrogen-bond donors (Lipinski definition) is 0. The average molecular weight is 349 g/mol. The molecule has 2 heterocycles. The van der Waals surface area contributed by atoms with Crippen LogP contribution < -0.4 is 0 Å². The molecule has 2 aliphatic heterocycles. The molecule has 6 atom stereocenters. The summed E-state index contributed by atoms with van der Waals surface area (Å²) in [6.45, 7) is 9.45. The van der Waals surface area contributed by atoms with Gasteiger partial charge >= 0.3 is 0 Å². The van der Waals surface area contributed by atoms with Crippen molar-refractivity contribution in [3.8, 4) is 0 Å². The van der Waals surface area contributed by atoms with E-state index < -0.39 is 19.3 Å². The number of alkyl halides is 1. The van der Waals surface area contributed by atoms with Gasteiger partial charge in [-0.25, -0.2) is 8.42 Å². The average Bonchev–Trinajstić information content (AvgIpc) is 2.52. The Morgan fingerprint density at radius 2 is 1.74 bits per heavy atom. The van der Waals surface area contributed by atoms with Gasteiger partial charge in [-0.1, -0.05) is 36.2 Å². The Morgan fingerprint density at radius 1 is 1.21 bits per heavy atom. The highest BCUT2D eigenvalue weighted by molar-refractivity contribution is 9.10. The molecule has 0 aromatic carbocycles. The second-order valence-corrected chi connectivity index (χ2v) is 11.0. The van der Waals surface area contributed by atoms with Crippen LogP contribution in [0.1, 0.15) is 47.5 Å². The van der Waals surface area contributed by atoms with Crippen molar-refractivity contribution in [3.63, 3.8) is 0 Å². The van der Waals surface area contributed by atoms with E-state index >= 15 is 0 Å². The van der Waals surface area contributed by atoms with Gasteiger partial charge in [0.25, 0.3) is 0 Å². The van der Waals surface area contributed by atoms with Crippen molar-refractivity contribution in [1.29, 1.82) is 0 Å². The minimum Gasteiger partial charge on any atom is -0.300 e. The maximum atomic E-state index is 13.0. The van der Waals surface area contributed by atoms with E-state index in [-0.39, 0.29) is 27.4 Å². The van der Waals surface area contributed by atoms with Crippen molar-refractivity contribution in [2.24, 2.45) is 17.3 Å². The Bertz CT molecular complexity index is 600. The highest BCUT2D eigenvalue weighted by Crippen LogP contribution is 2.95. The van der Waals surface area contributed by atoms with Crippen molar-refractivity contribution < 1.29 is 13.2 Å². The van der Waals surface area contributed by atoms with Gasteiger partial charge in [-0.05, 0) is 32.6 Å². The zero-order chi connectivity index (χ0) is 14.6. The monoisotopic (exact) mass is 348 g/mol. The van der Waals surface area contributed by atoms with Crippen molar-refractivity contribution in [2.45, 2.75) is 61.3 Å². The molecule has 2 aliphatic carbocycles. The fraction of sp³-hybridized carbons (Fsp3) is 0.929. The van der Waals surface area contributed by atoms with Gasteiger partial charge in [-0.3, -0.25) is 0 Å². The molecule has 19 heavy (non-hydrogen) atoms. The largest absolute Gasteiger partial charge is 0.300 e. The van der Waals surface area contributed by atoms with Gasteiger partial charge in [0.2, 0.25) is 0 Å². The van der Waals surface area contributed by atoms with Gasteiger partial charge in [0.05, 0.1) is 13.8 Å². The van der Waals surface area contributed by atoms with E-state index in [1.165, 1.54) is 0 Å². The quantitative estimate of drug-likeness (QED) is 0.736. The third-order valence-electron chi connectivity index (χ3n) is 6.96. The molecular formula is C14H21BrO3S. The third kappa shape index (κ3) is 0.878. The van der Waals surface area contributed by atoms with Gasteiger partial charge in [-0.2, -0.15) is 0 Å². The molecule has 0 N–H and O–H groups in total. The Kier molecular flexibility index (Phi) is 2.32. The highest BCUT2D eigenvalue weighted by Gasteiger charge is 3.05. The first-order valence-corrected chi connectivity index (χ1v) is 9.19. The summed E-state index contributed by atoms with van der Waals surface area (Å²) in [5.41, 5.74) is -0.306. The fourth-order valence-electron chi connectivity index (χ4n) is 6.04. The molecular weight excluding hydrogens is 328 g/mol. The second-order valence-electron chi connectivity index (χ2n) is 7.05. The van der Waals surface area contributed by atoms with Gasteiger partial charge in [0.1, 0.15) is 5.78 Å². The predicted molar refractivity (Wildman–Crippen MR) is 78.1 cm³/mol. The second kappa shape index (κ2) is 3.13. The first-order chi connectivity index (χ1) is 8.49. The summed E-state index contributed by atoms with van der Waals surface area (Å²) in [5, 5.41) is 0. The molecule has 4 bridgehead atoms. The summed E-state index contributed by atoms with van der Waals surface area (Å²) in [6.07, 6.45) is 1.21. The molecule has 0 aromatic rings. The van der Waals surface area contributed by atoms with Gasteiger partial charge < -0.3 is 4.79 Å². The SMILES string of the molecule is CCC1C2(Br)C3(C)C(CC(C)=O)C1(C)S(=O)(=O)C32C. The summed E-state index contributed by atoms with van der Waals surface area (Å²) >= 11 is 3.81. The number of halogens is 1. The zero-order valence-electron chi connectivity index (χ0n) is 12.1. The summed E-state index contributed by atoms with van der Waals surface area (Å²) in [5.74, 6) is 0.136. The maximum Gasteiger partial charge on any atom is 0.163 e. The molecule has 6 unspecified atom stereocenters. The van der Waals surface area contributed by atoms with E-state index in [1.54, 1.807) is 6.92 Å². The van der Waals surface area contributed by atoms with Crippen LogP contribution in [-0.4, -0.2) is 28.0 Å². The van der Waals surface area contributed by atoms with Crippen LogP contribution in [0.5, 0.6) is 0 Å². The van der Waals surface area contributed by atoms with Crippen LogP contribution in [-0.2, 0) is 14.6 Å². The molecule has 4 rings (SSSR count). The van der Waals surface area contributed by atoms with E-state index in [9.17, 15) is 13.2 Å². The standard InChI is InChI=1S/C14H21BrO3S/c1-6-9-11(3)10(7-8(2)16)12(4)13(5,14(9,12)15)19(11,17)18/h9-10H,6-7H2,1-5H3. The zero-order valence-corrected chi connectivity index (χ0v) is 14.5. The molecule has 4 aliphatic rings. The molecule has 3 nitrogen and oxygen atoms in total. The van der Waals surface area contributed by atoms with E-state index in [0.717, 1.165) is 6.42 Å². The van der Waals surface area contributed by atoms with Gasteiger partial charge in [0.15, 0.2) is 9.84 Å². The van der Waals surface area contributed by atoms with Crippen LogP contribution in [0.3, 0.4) is 0 Å². The van der Waals surface area contributed by atoms with Crippen molar-refractivity contribution in [3.05, 3.63) is 0 Å². The minimum absolute atomic E-state index is 0.0585. The molecule has 108 valence electrons. The van der Waals surface area contributed by atoms with Gasteiger partial charge in [0, 0.05) is 11.8 Å². The lowest BCUT2D eigenvalue weighted by atomic mass is 9.76. The Labute approximate surface area is 123 Å². The highest BCUT2D eigenvalue weighted by atomic mass is 79.9. The van der Waals surface area contributed by atoms with Crippen LogP contribution in [0.4, 0.5) is 0 Å². The molecule has 2 saturated heterocycles. The minimum atomic E-state index is -3.23. The summed E-state index contributed by atoms with van der Waals surface area (Å²) in [4.78, 5) is 11.6. The number of carbonyl (C=O) groups excluding carboxylic acids is 1. The number of Topliss-reactive ketones (excluding diaryl/α,β-unsaturated/α-hetero) is 1. The molecule has 0 aromatic heterocycles. The van der Waals surface area contributed by atoms with Crippen LogP contribution in [0.15, 0.2) is 0 Å². The smallest absolute Gasteiger partial charge is 0.163 e. The number of carbonyl (C=O) groups is 1. The van der Waals surface area contributed by atoms with E-state index in [1.807, 2.05) is 13.8 Å². The van der Waals surface area contributed by atoms with Crippen molar-refractivity contribution >= 4 is 31.6 Å². The van der Waals surface area contributed by atoms with E-state index in [2.05, 4.69) is 29.8 Å². The Hall–Kier alpha value is 0.1000. The topological polar surface area (TPSA) is 51.2 Å². The molecule has 4 fully saturated rings. The van der Waals surface area contributed by atoms with Crippen LogP contribution in [0, 0.1) is 17.3 Å². The molecule has 0 amide bonds. The molecule has 2 saturated carbocycles. The number of rotatable bonds is 3. The lowest BCUT2D eigenvalue weighted by Gasteiger charge is -2.30. The number of sulfone groups is 1. The predicted octanol–water partition coefficient (Wildman–Crippen LogP) is 2.72. The maximum absolute atomic E-state index is 13.0. The van der Waals surface area contributed by atoms with E-state index in [0.29, 0.717) is 6.42 Å². The molecule has 5 heteroatoms. The van der Waals surface area contributed by atoms with Gasteiger partial charge in [-0.15, -0.1) is 0 Å². The van der Waals surface area contributed by atoms with Crippen LogP contribution >= 0.6 is 15.9 Å². The Balaban J connectivity index is 2.29. The third-order valence-corrected chi connectivity index (χ3v) is 12.9. The van der Waals surface area contributed by atoms with Crippen LogP contribution in [0.2, 0.25) is 0 Å². The first-order valence-electron chi connectivity index (χ1n) is 6.92. The van der Waals surface area contributed by atoms with Crippen LogP contribution in [0.25, 0.3) is 0 Å². The number of hydrogen-bond acceptors (Lipinski definition) is 3. The first kappa shape index (κ1) is 14.1. The lowest BCUT2D eigenvalue weighted by molar-refractivity contribution is -0.118. The molecule has 0 radical (unpaired) electrons. The summed E-state index contributed by atoms with van der Waals surface area (Å²) in [6, 6.07) is 0. The summed E-state index contributed by atoms with van der Waals surface area (Å²) in [7, 11) is -3.23. The summed E-state index contributed by atoms with van der Waals surface area (Å²) < 4.78 is 24.3. The Morgan fingerprint density at radius 3 is 2.05 bits per heavy atom. The fourth-order valence-corrected chi connectivity index (χ4v) is 12.6. The van der Waals surface area contributed by atoms with Crippen molar-refractivity contribution in [1.82, 2.24) is 0 Å². The van der Waals surface area contributed by atoms with E-state index in [4.69, 9.17) is 0 Å². The normalized spacial score (nSPS) is 60.3.